The summed E-state index contributed by atoms with van der Waals surface area (Å²) in [5.41, 5.74) is 1.59. The second kappa shape index (κ2) is 6.95. The van der Waals surface area contributed by atoms with Crippen LogP contribution in [0.5, 0.6) is 17.2 Å². The summed E-state index contributed by atoms with van der Waals surface area (Å²) < 4.78 is 14.1. The van der Waals surface area contributed by atoms with Crippen LogP contribution < -0.4 is 19.3 Å². The number of halogens is 1. The van der Waals surface area contributed by atoms with Crippen molar-refractivity contribution in [1.82, 2.24) is 4.98 Å². The van der Waals surface area contributed by atoms with Crippen molar-refractivity contribution in [1.29, 1.82) is 0 Å². The molecule has 7 heteroatoms. The highest BCUT2D eigenvalue weighted by atomic mass is 35.5. The van der Waals surface area contributed by atoms with Crippen LogP contribution in [0.2, 0.25) is 5.02 Å². The van der Waals surface area contributed by atoms with Gasteiger partial charge in [-0.2, -0.15) is 0 Å². The lowest BCUT2D eigenvalue weighted by atomic mass is 10.2. The molecule has 0 spiro atoms. The van der Waals surface area contributed by atoms with Gasteiger partial charge in [0.2, 0.25) is 0 Å². The molecule has 5 nitrogen and oxygen atoms in total. The number of methoxy groups -OCH3 is 1. The lowest BCUT2D eigenvalue weighted by Gasteiger charge is -2.11. The summed E-state index contributed by atoms with van der Waals surface area (Å²) in [4.78, 5) is 4.33. The summed E-state index contributed by atoms with van der Waals surface area (Å²) in [5.74, 6) is 1.98. The number of anilines is 1. The highest BCUT2D eigenvalue weighted by Gasteiger charge is 2.09. The van der Waals surface area contributed by atoms with E-state index in [0.717, 1.165) is 34.5 Å². The normalized spacial score (nSPS) is 10.6. The fourth-order valence-corrected chi connectivity index (χ4v) is 2.63. The van der Waals surface area contributed by atoms with Crippen LogP contribution in [0.15, 0.2) is 48.7 Å². The van der Waals surface area contributed by atoms with Crippen molar-refractivity contribution in [2.24, 2.45) is 5.14 Å². The number of benzene rings is 2. The van der Waals surface area contributed by atoms with E-state index >= 15 is 0 Å². The van der Waals surface area contributed by atoms with Crippen molar-refractivity contribution >= 4 is 40.3 Å². The third kappa shape index (κ3) is 3.44. The molecule has 0 aliphatic heterocycles. The first-order chi connectivity index (χ1) is 11.2. The fraction of sp³-hybridized carbons (Fsp3) is 0.0625. The Hall–Kier alpha value is -2.15. The maximum atomic E-state index is 6.26. The number of hydrogen-bond donors (Lipinski definition) is 2. The SMILES string of the molecule is COc1ccc2c(Oc3ccc(NSN)cc3Cl)ccnc2c1. The van der Waals surface area contributed by atoms with E-state index in [9.17, 15) is 0 Å². The standard InChI is InChI=1S/C16H14ClN3O2S/c1-21-11-3-4-12-14(9-11)19-7-6-15(12)22-16-5-2-10(20-23-18)8-13(16)17/h2-9,20H,18H2,1H3. The number of nitrogens with one attached hydrogen (secondary N) is 1. The Morgan fingerprint density at radius 3 is 2.74 bits per heavy atom. The van der Waals surface area contributed by atoms with E-state index in [1.807, 2.05) is 24.3 Å². The van der Waals surface area contributed by atoms with E-state index in [4.69, 9.17) is 26.2 Å². The summed E-state index contributed by atoms with van der Waals surface area (Å²) in [7, 11) is 1.62. The molecule has 0 unspecified atom stereocenters. The first kappa shape index (κ1) is 15.7. The van der Waals surface area contributed by atoms with Crippen LogP contribution in [0, 0.1) is 0 Å². The van der Waals surface area contributed by atoms with Crippen LogP contribution in [0.25, 0.3) is 10.9 Å². The van der Waals surface area contributed by atoms with Crippen molar-refractivity contribution in [2.45, 2.75) is 0 Å². The molecule has 0 aliphatic rings. The molecule has 0 amide bonds. The summed E-state index contributed by atoms with van der Waals surface area (Å²) in [5, 5.41) is 6.74. The monoisotopic (exact) mass is 347 g/mol. The van der Waals surface area contributed by atoms with E-state index in [0.29, 0.717) is 16.5 Å². The van der Waals surface area contributed by atoms with Crippen LogP contribution in [0.4, 0.5) is 5.69 Å². The van der Waals surface area contributed by atoms with Crippen molar-refractivity contribution in [3.8, 4) is 17.2 Å². The number of rotatable bonds is 5. The number of fused-ring (bicyclic) bond motifs is 1. The number of pyridine rings is 1. The van der Waals surface area contributed by atoms with Crippen molar-refractivity contribution in [3.05, 3.63) is 53.7 Å². The van der Waals surface area contributed by atoms with E-state index in [-0.39, 0.29) is 0 Å². The highest BCUT2D eigenvalue weighted by Crippen LogP contribution is 2.35. The second-order valence-corrected chi connectivity index (χ2v) is 5.51. The zero-order valence-electron chi connectivity index (χ0n) is 12.2. The molecule has 3 rings (SSSR count). The van der Waals surface area contributed by atoms with E-state index < -0.39 is 0 Å². The quantitative estimate of drug-likeness (QED) is 0.656. The van der Waals surface area contributed by atoms with E-state index in [2.05, 4.69) is 9.71 Å². The summed E-state index contributed by atoms with van der Waals surface area (Å²) in [6.07, 6.45) is 1.69. The van der Waals surface area contributed by atoms with Gasteiger partial charge in [0.1, 0.15) is 17.2 Å². The zero-order valence-corrected chi connectivity index (χ0v) is 13.8. The molecule has 0 aliphatic carbocycles. The van der Waals surface area contributed by atoms with Crippen LogP contribution >= 0.6 is 23.7 Å². The Morgan fingerprint density at radius 1 is 1.13 bits per heavy atom. The molecule has 0 saturated heterocycles. The number of nitrogens with two attached hydrogens (primary N) is 1. The van der Waals surface area contributed by atoms with Crippen LogP contribution in [0.1, 0.15) is 0 Å². The molecule has 23 heavy (non-hydrogen) atoms. The largest absolute Gasteiger partial charge is 0.497 e. The lowest BCUT2D eigenvalue weighted by molar-refractivity contribution is 0.415. The van der Waals surface area contributed by atoms with Gasteiger partial charge in [-0.25, -0.2) is 0 Å². The Labute approximate surface area is 143 Å². The van der Waals surface area contributed by atoms with Gasteiger partial charge in [-0.1, -0.05) is 11.6 Å². The predicted octanol–water partition coefficient (Wildman–Crippen LogP) is 4.62. The Kier molecular flexibility index (Phi) is 4.76. The molecule has 0 saturated carbocycles. The topological polar surface area (TPSA) is 69.4 Å². The van der Waals surface area contributed by atoms with Gasteiger partial charge >= 0.3 is 0 Å². The minimum atomic E-state index is 0.488. The molecule has 0 fully saturated rings. The molecular formula is C16H14ClN3O2S. The molecule has 0 bridgehead atoms. The first-order valence-electron chi connectivity index (χ1n) is 6.73. The molecule has 2 aromatic carbocycles. The van der Waals surface area contributed by atoms with Gasteiger partial charge < -0.3 is 14.2 Å². The van der Waals surface area contributed by atoms with Gasteiger partial charge in [-0.15, -0.1) is 0 Å². The van der Waals surface area contributed by atoms with Gasteiger partial charge in [0.15, 0.2) is 0 Å². The second-order valence-electron chi connectivity index (χ2n) is 4.66. The number of ether oxygens (including phenoxy) is 2. The maximum absolute atomic E-state index is 6.26. The molecular weight excluding hydrogens is 334 g/mol. The average molecular weight is 348 g/mol. The highest BCUT2D eigenvalue weighted by molar-refractivity contribution is 7.98. The first-order valence-corrected chi connectivity index (χ1v) is 7.99. The summed E-state index contributed by atoms with van der Waals surface area (Å²) in [6.45, 7) is 0. The van der Waals surface area contributed by atoms with Crippen molar-refractivity contribution < 1.29 is 9.47 Å². The van der Waals surface area contributed by atoms with E-state index in [1.165, 1.54) is 0 Å². The van der Waals surface area contributed by atoms with Crippen LogP contribution in [-0.4, -0.2) is 12.1 Å². The average Bonchev–Trinajstić information content (AvgIpc) is 2.57. The Bertz CT molecular complexity index is 845. The molecule has 3 N–H and O–H groups in total. The lowest BCUT2D eigenvalue weighted by Crippen LogP contribution is -1.93. The van der Waals surface area contributed by atoms with Gasteiger partial charge in [0.05, 0.1) is 17.6 Å². The van der Waals surface area contributed by atoms with Crippen molar-refractivity contribution in [2.75, 3.05) is 11.8 Å². The Balaban J connectivity index is 1.95. The third-order valence-corrected chi connectivity index (χ3v) is 3.89. The number of aromatic nitrogens is 1. The molecule has 0 atom stereocenters. The molecule has 3 aromatic rings. The minimum absolute atomic E-state index is 0.488. The molecule has 1 aromatic heterocycles. The Morgan fingerprint density at radius 2 is 2.00 bits per heavy atom. The number of hydrogen-bond acceptors (Lipinski definition) is 6. The van der Waals surface area contributed by atoms with Gasteiger partial charge in [0, 0.05) is 35.5 Å². The smallest absolute Gasteiger partial charge is 0.146 e. The molecule has 1 heterocycles. The predicted molar refractivity (Wildman–Crippen MR) is 95.2 cm³/mol. The molecule has 118 valence electrons. The van der Waals surface area contributed by atoms with Gasteiger partial charge in [0.25, 0.3) is 0 Å². The summed E-state index contributed by atoms with van der Waals surface area (Å²) in [6, 6.07) is 12.8. The van der Waals surface area contributed by atoms with Gasteiger partial charge in [-0.05, 0) is 36.4 Å². The molecule has 0 radical (unpaired) electrons. The van der Waals surface area contributed by atoms with Crippen molar-refractivity contribution in [3.63, 3.8) is 0 Å². The zero-order chi connectivity index (χ0) is 16.2. The summed E-state index contributed by atoms with van der Waals surface area (Å²) >= 11 is 7.27. The van der Waals surface area contributed by atoms with Gasteiger partial charge in [-0.3, -0.25) is 10.1 Å². The fourth-order valence-electron chi connectivity index (χ4n) is 2.15. The van der Waals surface area contributed by atoms with E-state index in [1.54, 1.807) is 31.5 Å². The number of nitrogens with zero attached hydrogens (tertiary/aromatic N) is 1. The van der Waals surface area contributed by atoms with Crippen LogP contribution in [-0.2, 0) is 0 Å². The minimum Gasteiger partial charge on any atom is -0.497 e. The third-order valence-electron chi connectivity index (χ3n) is 3.24. The maximum Gasteiger partial charge on any atom is 0.146 e. The van der Waals surface area contributed by atoms with Crippen LogP contribution in [0.3, 0.4) is 0 Å².